The molecule has 0 aliphatic rings. The molecule has 0 aliphatic carbocycles. The van der Waals surface area contributed by atoms with E-state index in [1.807, 2.05) is 30.5 Å². The van der Waals surface area contributed by atoms with Crippen molar-refractivity contribution in [1.29, 1.82) is 0 Å². The molecule has 0 bridgehead atoms. The monoisotopic (exact) mass is 387 g/mol. The number of nitrogens with zero attached hydrogens (tertiary/aromatic N) is 3. The van der Waals surface area contributed by atoms with Crippen LogP contribution in [0.4, 0.5) is 23.1 Å². The number of para-hydroxylation sites is 1. The number of carbonyl (C=O) groups is 1. The van der Waals surface area contributed by atoms with Crippen molar-refractivity contribution in [3.8, 4) is 0 Å². The number of anilines is 4. The van der Waals surface area contributed by atoms with Gasteiger partial charge < -0.3 is 20.9 Å². The number of carbonyl (C=O) groups excluding carboxylic acids is 1. The van der Waals surface area contributed by atoms with E-state index in [4.69, 9.17) is 0 Å². The van der Waals surface area contributed by atoms with Crippen LogP contribution in [0.3, 0.4) is 0 Å². The van der Waals surface area contributed by atoms with Crippen LogP contribution in [0.2, 0.25) is 0 Å². The maximum absolute atomic E-state index is 11.1. The lowest BCUT2D eigenvalue weighted by atomic mass is 10.1. The minimum absolute atomic E-state index is 0.107. The maximum Gasteiger partial charge on any atom is 0.249 e. The molecule has 0 fully saturated rings. The second-order valence-electron chi connectivity index (χ2n) is 6.59. The topological polar surface area (TPSA) is 108 Å². The van der Waals surface area contributed by atoms with Crippen molar-refractivity contribution < 1.29 is 4.79 Å². The van der Waals surface area contributed by atoms with E-state index in [2.05, 4.69) is 48.2 Å². The van der Waals surface area contributed by atoms with Crippen molar-refractivity contribution >= 4 is 40.0 Å². The molecule has 2 aromatic carbocycles. The third-order valence-electron chi connectivity index (χ3n) is 4.40. The highest BCUT2D eigenvalue weighted by molar-refractivity contribution is 5.88. The van der Waals surface area contributed by atoms with Crippen molar-refractivity contribution in [3.05, 3.63) is 66.5 Å². The van der Waals surface area contributed by atoms with Crippen LogP contribution < -0.4 is 16.0 Å². The summed E-state index contributed by atoms with van der Waals surface area (Å²) in [7, 11) is 0. The first-order valence-electron chi connectivity index (χ1n) is 9.30. The predicted octanol–water partition coefficient (Wildman–Crippen LogP) is 3.71. The lowest BCUT2D eigenvalue weighted by molar-refractivity contribution is -0.114. The number of H-pyrrole nitrogens is 1. The zero-order valence-electron chi connectivity index (χ0n) is 15.9. The van der Waals surface area contributed by atoms with E-state index in [-0.39, 0.29) is 5.91 Å². The molecule has 146 valence electrons. The Morgan fingerprint density at radius 1 is 1.07 bits per heavy atom. The van der Waals surface area contributed by atoms with Crippen LogP contribution in [0.15, 0.2) is 60.9 Å². The SMILES string of the molecule is CC(=O)Nc1ccc(Nc2nncc(NCCc3c[nH]c4ccccc34)n2)cc1. The van der Waals surface area contributed by atoms with Crippen LogP contribution in [0, 0.1) is 0 Å². The Kier molecular flexibility index (Phi) is 5.33. The molecule has 4 aromatic rings. The standard InChI is InChI=1S/C21H21N7O/c1-14(29)25-16-6-8-17(9-7-16)26-21-27-20(13-24-28-21)22-11-10-15-12-23-19-5-3-2-4-18(15)19/h2-9,12-13,23H,10-11H2,1H3,(H,25,29)(H2,22,26,27,28). The molecule has 0 spiro atoms. The number of amides is 1. The van der Waals surface area contributed by atoms with Crippen LogP contribution in [0.5, 0.6) is 0 Å². The van der Waals surface area contributed by atoms with Gasteiger partial charge in [-0.25, -0.2) is 0 Å². The first kappa shape index (κ1) is 18.4. The number of hydrogen-bond donors (Lipinski definition) is 4. The smallest absolute Gasteiger partial charge is 0.249 e. The van der Waals surface area contributed by atoms with Crippen molar-refractivity contribution in [1.82, 2.24) is 20.2 Å². The van der Waals surface area contributed by atoms with Gasteiger partial charge in [-0.3, -0.25) is 4.79 Å². The Morgan fingerprint density at radius 2 is 1.86 bits per heavy atom. The second-order valence-corrected chi connectivity index (χ2v) is 6.59. The van der Waals surface area contributed by atoms with Gasteiger partial charge in [0.05, 0.1) is 6.20 Å². The van der Waals surface area contributed by atoms with Gasteiger partial charge in [0.25, 0.3) is 0 Å². The average molecular weight is 387 g/mol. The average Bonchev–Trinajstić information content (AvgIpc) is 3.13. The minimum Gasteiger partial charge on any atom is -0.368 e. The van der Waals surface area contributed by atoms with Crippen molar-refractivity contribution in [2.75, 3.05) is 22.5 Å². The molecule has 0 saturated heterocycles. The summed E-state index contributed by atoms with van der Waals surface area (Å²) >= 11 is 0. The van der Waals surface area contributed by atoms with Gasteiger partial charge in [0.15, 0.2) is 5.82 Å². The van der Waals surface area contributed by atoms with Gasteiger partial charge >= 0.3 is 0 Å². The van der Waals surface area contributed by atoms with E-state index in [0.717, 1.165) is 29.9 Å². The summed E-state index contributed by atoms with van der Waals surface area (Å²) in [5.74, 6) is 0.941. The Labute approximate surface area is 167 Å². The molecular weight excluding hydrogens is 366 g/mol. The summed E-state index contributed by atoms with van der Waals surface area (Å²) in [4.78, 5) is 18.8. The van der Waals surface area contributed by atoms with Crippen LogP contribution in [-0.2, 0) is 11.2 Å². The largest absolute Gasteiger partial charge is 0.368 e. The molecular formula is C21H21N7O. The third-order valence-corrected chi connectivity index (χ3v) is 4.40. The zero-order chi connectivity index (χ0) is 20.1. The molecule has 1 amide bonds. The van der Waals surface area contributed by atoms with E-state index in [1.54, 1.807) is 18.3 Å². The Bertz CT molecular complexity index is 1120. The molecule has 4 N–H and O–H groups in total. The maximum atomic E-state index is 11.1. The molecule has 2 heterocycles. The van der Waals surface area contributed by atoms with E-state index in [1.165, 1.54) is 17.9 Å². The van der Waals surface area contributed by atoms with Crippen molar-refractivity contribution in [3.63, 3.8) is 0 Å². The molecule has 0 unspecified atom stereocenters. The molecule has 0 saturated carbocycles. The first-order valence-corrected chi connectivity index (χ1v) is 9.30. The molecule has 0 radical (unpaired) electrons. The molecule has 2 aromatic heterocycles. The lowest BCUT2D eigenvalue weighted by Gasteiger charge is -2.08. The lowest BCUT2D eigenvalue weighted by Crippen LogP contribution is -2.09. The first-order chi connectivity index (χ1) is 14.2. The van der Waals surface area contributed by atoms with Crippen LogP contribution in [-0.4, -0.2) is 32.6 Å². The van der Waals surface area contributed by atoms with Gasteiger partial charge in [0.2, 0.25) is 11.9 Å². The number of aromatic nitrogens is 4. The number of rotatable bonds is 7. The van der Waals surface area contributed by atoms with E-state index < -0.39 is 0 Å². The fourth-order valence-corrected chi connectivity index (χ4v) is 3.07. The van der Waals surface area contributed by atoms with Crippen LogP contribution >= 0.6 is 0 Å². The number of aromatic amines is 1. The molecule has 29 heavy (non-hydrogen) atoms. The van der Waals surface area contributed by atoms with Crippen LogP contribution in [0.1, 0.15) is 12.5 Å². The Balaban J connectivity index is 1.35. The quantitative estimate of drug-likeness (QED) is 0.385. The highest BCUT2D eigenvalue weighted by Crippen LogP contribution is 2.19. The zero-order valence-corrected chi connectivity index (χ0v) is 15.9. The number of fused-ring (bicyclic) bond motifs is 1. The molecule has 0 aliphatic heterocycles. The third kappa shape index (κ3) is 4.67. The number of nitrogens with one attached hydrogen (secondary N) is 4. The van der Waals surface area contributed by atoms with Gasteiger partial charge in [-0.1, -0.05) is 18.2 Å². The predicted molar refractivity (Wildman–Crippen MR) is 114 cm³/mol. The molecule has 0 atom stereocenters. The molecule has 8 heteroatoms. The van der Waals surface area contributed by atoms with Gasteiger partial charge in [-0.05, 0) is 42.3 Å². The highest BCUT2D eigenvalue weighted by atomic mass is 16.1. The Morgan fingerprint density at radius 3 is 2.69 bits per heavy atom. The van der Waals surface area contributed by atoms with Gasteiger partial charge in [0, 0.05) is 41.9 Å². The van der Waals surface area contributed by atoms with Gasteiger partial charge in [-0.15, -0.1) is 5.10 Å². The van der Waals surface area contributed by atoms with Crippen LogP contribution in [0.25, 0.3) is 10.9 Å². The summed E-state index contributed by atoms with van der Waals surface area (Å²) in [6.45, 7) is 2.20. The van der Waals surface area contributed by atoms with Gasteiger partial charge in [0.1, 0.15) is 0 Å². The van der Waals surface area contributed by atoms with Gasteiger partial charge in [-0.2, -0.15) is 10.1 Å². The Hall–Kier alpha value is -3.94. The van der Waals surface area contributed by atoms with E-state index in [9.17, 15) is 4.79 Å². The van der Waals surface area contributed by atoms with E-state index in [0.29, 0.717) is 11.8 Å². The summed E-state index contributed by atoms with van der Waals surface area (Å²) in [5, 5.41) is 18.4. The number of hydrogen-bond acceptors (Lipinski definition) is 6. The van der Waals surface area contributed by atoms with Crippen molar-refractivity contribution in [2.24, 2.45) is 0 Å². The fraction of sp³-hybridized carbons (Fsp3) is 0.143. The van der Waals surface area contributed by atoms with E-state index >= 15 is 0 Å². The normalized spacial score (nSPS) is 10.7. The second kappa shape index (κ2) is 8.39. The number of benzene rings is 2. The summed E-state index contributed by atoms with van der Waals surface area (Å²) in [5.41, 5.74) is 3.93. The summed E-state index contributed by atoms with van der Waals surface area (Å²) in [6, 6.07) is 15.5. The van der Waals surface area contributed by atoms with Crippen molar-refractivity contribution in [2.45, 2.75) is 13.3 Å². The fourth-order valence-electron chi connectivity index (χ4n) is 3.07. The summed E-state index contributed by atoms with van der Waals surface area (Å²) < 4.78 is 0. The molecule has 4 rings (SSSR count). The molecule has 8 nitrogen and oxygen atoms in total. The minimum atomic E-state index is -0.107. The highest BCUT2D eigenvalue weighted by Gasteiger charge is 2.05. The summed E-state index contributed by atoms with van der Waals surface area (Å²) in [6.07, 6.45) is 4.50.